The average Bonchev–Trinajstić information content (AvgIpc) is 2.94. The number of benzene rings is 1. The number of aromatic nitrogens is 1. The standard InChI is InChI=1S/C19H23FN2O3/c1-12-14-11-13(20)4-5-15(14)21-17(12)18(24)22-8-6-19(7-9-22)16(23)3-2-10-25-19/h4-5,11,16,21,23H,2-3,6-10H2,1H3/t16-/m0/s1. The average molecular weight is 346 g/mol. The van der Waals surface area contributed by atoms with Crippen molar-refractivity contribution >= 4 is 16.8 Å². The number of aromatic amines is 1. The first kappa shape index (κ1) is 16.5. The largest absolute Gasteiger partial charge is 0.390 e. The van der Waals surface area contributed by atoms with Crippen LogP contribution in [0.5, 0.6) is 0 Å². The summed E-state index contributed by atoms with van der Waals surface area (Å²) in [6.45, 7) is 3.63. The van der Waals surface area contributed by atoms with Gasteiger partial charge >= 0.3 is 0 Å². The number of aliphatic hydroxyl groups is 1. The van der Waals surface area contributed by atoms with E-state index in [4.69, 9.17) is 4.74 Å². The Labute approximate surface area is 145 Å². The first-order chi connectivity index (χ1) is 12.0. The number of hydrogen-bond acceptors (Lipinski definition) is 3. The summed E-state index contributed by atoms with van der Waals surface area (Å²) in [5.74, 6) is -0.383. The van der Waals surface area contributed by atoms with Gasteiger partial charge < -0.3 is 19.7 Å². The molecule has 1 amide bonds. The number of amides is 1. The fourth-order valence-electron chi connectivity index (χ4n) is 4.15. The highest BCUT2D eigenvalue weighted by molar-refractivity contribution is 6.00. The molecule has 2 aliphatic rings. The molecule has 2 fully saturated rings. The lowest BCUT2D eigenvalue weighted by Crippen LogP contribution is -2.56. The van der Waals surface area contributed by atoms with Crippen LogP contribution < -0.4 is 0 Å². The van der Waals surface area contributed by atoms with E-state index >= 15 is 0 Å². The summed E-state index contributed by atoms with van der Waals surface area (Å²) in [6.07, 6.45) is 2.50. The highest BCUT2D eigenvalue weighted by Crippen LogP contribution is 2.36. The number of likely N-dealkylation sites (tertiary alicyclic amines) is 1. The summed E-state index contributed by atoms with van der Waals surface area (Å²) >= 11 is 0. The second-order valence-corrected chi connectivity index (χ2v) is 7.18. The molecule has 1 aromatic carbocycles. The molecule has 2 aromatic rings. The van der Waals surface area contributed by atoms with Gasteiger partial charge in [0.05, 0.1) is 11.7 Å². The maximum atomic E-state index is 13.5. The maximum absolute atomic E-state index is 13.5. The van der Waals surface area contributed by atoms with E-state index in [9.17, 15) is 14.3 Å². The molecule has 0 bridgehead atoms. The Kier molecular flexibility index (Phi) is 4.04. The summed E-state index contributed by atoms with van der Waals surface area (Å²) in [5, 5.41) is 11.1. The van der Waals surface area contributed by atoms with Crippen molar-refractivity contribution < 1.29 is 19.0 Å². The molecule has 2 saturated heterocycles. The topological polar surface area (TPSA) is 65.6 Å². The molecule has 2 N–H and O–H groups in total. The zero-order valence-electron chi connectivity index (χ0n) is 14.3. The fourth-order valence-corrected chi connectivity index (χ4v) is 4.15. The van der Waals surface area contributed by atoms with Crippen LogP contribution in [0.3, 0.4) is 0 Å². The van der Waals surface area contributed by atoms with E-state index in [1.54, 1.807) is 11.0 Å². The number of piperidine rings is 1. The third-order valence-corrected chi connectivity index (χ3v) is 5.75. The van der Waals surface area contributed by atoms with Crippen LogP contribution in [0.2, 0.25) is 0 Å². The molecule has 5 nitrogen and oxygen atoms in total. The molecule has 4 rings (SSSR count). The second-order valence-electron chi connectivity index (χ2n) is 7.18. The molecule has 134 valence electrons. The SMILES string of the molecule is Cc1c(C(=O)N2CCC3(CC2)OCCC[C@@H]3O)[nH]c2ccc(F)cc12. The summed E-state index contributed by atoms with van der Waals surface area (Å²) in [7, 11) is 0. The van der Waals surface area contributed by atoms with Crippen molar-refractivity contribution in [2.75, 3.05) is 19.7 Å². The lowest BCUT2D eigenvalue weighted by atomic mass is 9.82. The van der Waals surface area contributed by atoms with Gasteiger partial charge in [-0.15, -0.1) is 0 Å². The van der Waals surface area contributed by atoms with Gasteiger partial charge in [-0.2, -0.15) is 0 Å². The summed E-state index contributed by atoms with van der Waals surface area (Å²) < 4.78 is 19.4. The molecular weight excluding hydrogens is 323 g/mol. The molecule has 1 spiro atoms. The van der Waals surface area contributed by atoms with E-state index in [0.717, 1.165) is 29.3 Å². The summed E-state index contributed by atoms with van der Waals surface area (Å²) in [4.78, 5) is 17.9. The Bertz CT molecular complexity index is 808. The van der Waals surface area contributed by atoms with Crippen LogP contribution in [-0.4, -0.2) is 52.3 Å². The van der Waals surface area contributed by atoms with Crippen molar-refractivity contribution in [3.05, 3.63) is 35.3 Å². The molecule has 0 radical (unpaired) electrons. The highest BCUT2D eigenvalue weighted by atomic mass is 19.1. The first-order valence-electron chi connectivity index (χ1n) is 8.89. The second kappa shape index (κ2) is 6.11. The molecule has 2 aliphatic heterocycles. The Balaban J connectivity index is 1.54. The van der Waals surface area contributed by atoms with E-state index in [2.05, 4.69) is 4.98 Å². The highest BCUT2D eigenvalue weighted by Gasteiger charge is 2.44. The van der Waals surface area contributed by atoms with Crippen LogP contribution in [-0.2, 0) is 4.74 Å². The van der Waals surface area contributed by atoms with Crippen LogP contribution in [0.1, 0.15) is 41.7 Å². The third kappa shape index (κ3) is 2.73. The van der Waals surface area contributed by atoms with Crippen molar-refractivity contribution in [2.45, 2.75) is 44.3 Å². The number of nitrogens with one attached hydrogen (secondary N) is 1. The fraction of sp³-hybridized carbons (Fsp3) is 0.526. The van der Waals surface area contributed by atoms with E-state index < -0.39 is 11.7 Å². The number of rotatable bonds is 1. The molecule has 1 atom stereocenters. The number of fused-ring (bicyclic) bond motifs is 1. The van der Waals surface area contributed by atoms with Crippen molar-refractivity contribution in [2.24, 2.45) is 0 Å². The van der Waals surface area contributed by atoms with Crippen LogP contribution in [0.4, 0.5) is 4.39 Å². The predicted octanol–water partition coefficient (Wildman–Crippen LogP) is 2.76. The summed E-state index contributed by atoms with van der Waals surface area (Å²) in [6, 6.07) is 4.50. The lowest BCUT2D eigenvalue weighted by Gasteiger charge is -2.46. The number of carbonyl (C=O) groups excluding carboxylic acids is 1. The number of hydrogen-bond donors (Lipinski definition) is 2. The van der Waals surface area contributed by atoms with E-state index in [1.807, 2.05) is 6.92 Å². The molecule has 1 aromatic heterocycles. The van der Waals surface area contributed by atoms with Crippen LogP contribution in [0.25, 0.3) is 10.9 Å². The number of nitrogens with zero attached hydrogens (tertiary/aromatic N) is 1. The minimum atomic E-state index is -0.492. The Morgan fingerprint density at radius 3 is 2.88 bits per heavy atom. The quantitative estimate of drug-likeness (QED) is 0.834. The van der Waals surface area contributed by atoms with Crippen molar-refractivity contribution in [1.82, 2.24) is 9.88 Å². The molecule has 0 unspecified atom stereocenters. The van der Waals surface area contributed by atoms with Gasteiger partial charge in [0.15, 0.2) is 0 Å². The smallest absolute Gasteiger partial charge is 0.270 e. The van der Waals surface area contributed by atoms with Crippen molar-refractivity contribution in [3.8, 4) is 0 Å². The van der Waals surface area contributed by atoms with Gasteiger partial charge in [-0.25, -0.2) is 4.39 Å². The Hall–Kier alpha value is -1.92. The van der Waals surface area contributed by atoms with Crippen LogP contribution >= 0.6 is 0 Å². The van der Waals surface area contributed by atoms with Crippen molar-refractivity contribution in [3.63, 3.8) is 0 Å². The minimum absolute atomic E-state index is 0.0748. The minimum Gasteiger partial charge on any atom is -0.390 e. The molecule has 6 heteroatoms. The van der Waals surface area contributed by atoms with Gasteiger partial charge in [0.1, 0.15) is 11.5 Å². The van der Waals surface area contributed by atoms with Gasteiger partial charge in [-0.05, 0) is 56.4 Å². The number of H-pyrrole nitrogens is 1. The normalized spacial score (nSPS) is 23.3. The Morgan fingerprint density at radius 1 is 1.40 bits per heavy atom. The zero-order valence-corrected chi connectivity index (χ0v) is 14.3. The number of aryl methyl sites for hydroxylation is 1. The van der Waals surface area contributed by atoms with Crippen LogP contribution in [0, 0.1) is 12.7 Å². The molecule has 25 heavy (non-hydrogen) atoms. The van der Waals surface area contributed by atoms with Gasteiger partial charge in [0.2, 0.25) is 0 Å². The van der Waals surface area contributed by atoms with E-state index in [0.29, 0.717) is 38.2 Å². The number of ether oxygens (including phenoxy) is 1. The van der Waals surface area contributed by atoms with Gasteiger partial charge in [-0.3, -0.25) is 4.79 Å². The first-order valence-corrected chi connectivity index (χ1v) is 8.89. The monoisotopic (exact) mass is 346 g/mol. The third-order valence-electron chi connectivity index (χ3n) is 5.75. The molecular formula is C19H23FN2O3. The number of carbonyl (C=O) groups is 1. The zero-order chi connectivity index (χ0) is 17.6. The Morgan fingerprint density at radius 2 is 2.16 bits per heavy atom. The molecule has 0 saturated carbocycles. The summed E-state index contributed by atoms with van der Waals surface area (Å²) in [5.41, 5.74) is 1.56. The van der Waals surface area contributed by atoms with E-state index in [-0.39, 0.29) is 11.7 Å². The van der Waals surface area contributed by atoms with Gasteiger partial charge in [0, 0.05) is 30.6 Å². The maximum Gasteiger partial charge on any atom is 0.270 e. The van der Waals surface area contributed by atoms with Crippen LogP contribution in [0.15, 0.2) is 18.2 Å². The van der Waals surface area contributed by atoms with Gasteiger partial charge in [0.25, 0.3) is 5.91 Å². The van der Waals surface area contributed by atoms with Crippen molar-refractivity contribution in [1.29, 1.82) is 0 Å². The lowest BCUT2D eigenvalue weighted by molar-refractivity contribution is -0.174. The predicted molar refractivity (Wildman–Crippen MR) is 92.1 cm³/mol. The van der Waals surface area contributed by atoms with Gasteiger partial charge in [-0.1, -0.05) is 0 Å². The molecule has 3 heterocycles. The number of halogens is 1. The van der Waals surface area contributed by atoms with E-state index in [1.165, 1.54) is 12.1 Å². The molecule has 0 aliphatic carbocycles. The number of aliphatic hydroxyl groups excluding tert-OH is 1.